The first-order valence-corrected chi connectivity index (χ1v) is 22.7. The predicted molar refractivity (Wildman–Crippen MR) is 250 cm³/mol. The Labute approximate surface area is 404 Å². The predicted octanol–water partition coefficient (Wildman–Crippen LogP) is 7.16. The van der Waals surface area contributed by atoms with Crippen molar-refractivity contribution in [1.29, 1.82) is 0 Å². The number of methoxy groups -OCH3 is 1. The summed E-state index contributed by atoms with van der Waals surface area (Å²) in [5.74, 6) is -2.92. The van der Waals surface area contributed by atoms with Crippen LogP contribution >= 0.6 is 0 Å². The Morgan fingerprint density at radius 2 is 0.786 bits per heavy atom. The first-order valence-electron chi connectivity index (χ1n) is 22.7. The Morgan fingerprint density at radius 3 is 1.21 bits per heavy atom. The molecule has 0 bridgehead atoms. The first kappa shape index (κ1) is 49.3. The van der Waals surface area contributed by atoms with Crippen molar-refractivity contribution in [3.63, 3.8) is 0 Å². The van der Waals surface area contributed by atoms with Gasteiger partial charge in [-0.25, -0.2) is 19.2 Å². The van der Waals surface area contributed by atoms with Crippen LogP contribution in [0.15, 0.2) is 182 Å². The molecule has 15 heteroatoms. The molecule has 0 amide bonds. The van der Waals surface area contributed by atoms with E-state index in [9.17, 15) is 24.3 Å². The van der Waals surface area contributed by atoms with Crippen LogP contribution in [-0.2, 0) is 60.6 Å². The minimum absolute atomic E-state index is 0.0213. The summed E-state index contributed by atoms with van der Waals surface area (Å²) in [6, 6.07) is 51.4. The number of rotatable bonds is 19. The highest BCUT2D eigenvalue weighted by Gasteiger charge is 2.55. The molecule has 15 nitrogen and oxygen atoms in total. The zero-order valence-corrected chi connectivity index (χ0v) is 38.1. The largest absolute Gasteiger partial charge is 0.459 e. The third kappa shape index (κ3) is 12.8. The van der Waals surface area contributed by atoms with Gasteiger partial charge in [-0.3, -0.25) is 0 Å². The summed E-state index contributed by atoms with van der Waals surface area (Å²) in [5, 5.41) is 12.5. The number of esters is 4. The summed E-state index contributed by atoms with van der Waals surface area (Å²) < 4.78 is 63.0. The molecule has 70 heavy (non-hydrogen) atoms. The minimum atomic E-state index is -1.70. The number of aliphatic hydroxyl groups excluding tert-OH is 1. The number of hydrogen-bond donors (Lipinski definition) is 1. The molecular formula is C55H52O15. The van der Waals surface area contributed by atoms with Gasteiger partial charge in [0.1, 0.15) is 49.8 Å². The average Bonchev–Trinajstić information content (AvgIpc) is 3.41. The molecule has 6 aromatic rings. The molecule has 0 aromatic heterocycles. The second-order valence-corrected chi connectivity index (χ2v) is 16.3. The highest BCUT2D eigenvalue weighted by atomic mass is 16.8. The standard InChI is InChI=1S/C55H52O15/c1-61-54-49(69-53(60)41-30-18-7-19-31-41)48(46(62-32-36-20-8-2-9-21-36)43(66-54)35-65-51(58)39-26-14-5-15-27-39)70-55-47(63-33-37-22-10-3-11-23-37)44(56)45(68-52(59)40-28-16-6-17-29-40)42(67-55)34-64-50(57)38-24-12-4-13-25-38/h2-31,42-49,54-56H,32-35H2,1H3/t42?,43?,44?,45-,46-,47?,48?,49?,54+,55+/m0/s1. The summed E-state index contributed by atoms with van der Waals surface area (Å²) in [7, 11) is 1.35. The fourth-order valence-electron chi connectivity index (χ4n) is 8.00. The van der Waals surface area contributed by atoms with Crippen LogP contribution < -0.4 is 0 Å². The van der Waals surface area contributed by atoms with Crippen LogP contribution in [0, 0.1) is 0 Å². The molecular weight excluding hydrogens is 901 g/mol. The van der Waals surface area contributed by atoms with E-state index in [-0.39, 0.29) is 42.1 Å². The van der Waals surface area contributed by atoms with Crippen molar-refractivity contribution in [2.75, 3.05) is 20.3 Å². The quantitative estimate of drug-likeness (QED) is 0.0638. The Hall–Kier alpha value is -7.08. The van der Waals surface area contributed by atoms with Crippen LogP contribution in [0.25, 0.3) is 0 Å². The van der Waals surface area contributed by atoms with E-state index < -0.39 is 91.9 Å². The van der Waals surface area contributed by atoms with Crippen LogP contribution in [0.3, 0.4) is 0 Å². The topological polar surface area (TPSA) is 181 Å². The molecule has 2 saturated heterocycles. The molecule has 2 heterocycles. The van der Waals surface area contributed by atoms with Gasteiger partial charge in [-0.2, -0.15) is 0 Å². The molecule has 8 rings (SSSR count). The Kier molecular flexibility index (Phi) is 17.2. The van der Waals surface area contributed by atoms with E-state index in [4.69, 9.17) is 47.4 Å². The van der Waals surface area contributed by atoms with Gasteiger partial charge >= 0.3 is 23.9 Å². The molecule has 0 saturated carbocycles. The first-order chi connectivity index (χ1) is 34.2. The van der Waals surface area contributed by atoms with Gasteiger partial charge < -0.3 is 52.5 Å². The molecule has 0 spiro atoms. The Morgan fingerprint density at radius 1 is 0.429 bits per heavy atom. The fraction of sp³-hybridized carbons (Fsp3) is 0.273. The van der Waals surface area contributed by atoms with Crippen LogP contribution in [-0.4, -0.2) is 111 Å². The molecule has 10 atom stereocenters. The van der Waals surface area contributed by atoms with Gasteiger partial charge in [-0.05, 0) is 59.7 Å². The summed E-state index contributed by atoms with van der Waals surface area (Å²) in [5.41, 5.74) is 2.38. The molecule has 6 unspecified atom stereocenters. The van der Waals surface area contributed by atoms with E-state index in [1.807, 2.05) is 60.7 Å². The van der Waals surface area contributed by atoms with Crippen LogP contribution in [0.1, 0.15) is 52.6 Å². The van der Waals surface area contributed by atoms with Crippen molar-refractivity contribution in [3.05, 3.63) is 215 Å². The SMILES string of the molecule is CO[C@@H]1OC(COC(=O)c2ccccc2)[C@H](OCc2ccccc2)C(O[C@H]2OC(COC(=O)c3ccccc3)[C@H](OC(=O)c3ccccc3)C(O)C2OCc2ccccc2)C1OC(=O)c1ccccc1. The van der Waals surface area contributed by atoms with Gasteiger partial charge in [0.15, 0.2) is 24.8 Å². The smallest absolute Gasteiger partial charge is 0.338 e. The van der Waals surface area contributed by atoms with Gasteiger partial charge in [0.05, 0.1) is 35.5 Å². The number of hydrogen-bond acceptors (Lipinski definition) is 15. The van der Waals surface area contributed by atoms with E-state index in [1.165, 1.54) is 7.11 Å². The third-order valence-corrected chi connectivity index (χ3v) is 11.6. The van der Waals surface area contributed by atoms with Crippen molar-refractivity contribution >= 4 is 23.9 Å². The second-order valence-electron chi connectivity index (χ2n) is 16.3. The third-order valence-electron chi connectivity index (χ3n) is 11.6. The van der Waals surface area contributed by atoms with Crippen molar-refractivity contribution in [1.82, 2.24) is 0 Å². The van der Waals surface area contributed by atoms with Gasteiger partial charge in [-0.15, -0.1) is 0 Å². The number of ether oxygens (including phenoxy) is 10. The summed E-state index contributed by atoms with van der Waals surface area (Å²) in [4.78, 5) is 54.6. The summed E-state index contributed by atoms with van der Waals surface area (Å²) in [6.45, 7) is -1.02. The molecule has 1 N–H and O–H groups in total. The van der Waals surface area contributed by atoms with E-state index in [2.05, 4.69) is 0 Å². The van der Waals surface area contributed by atoms with Gasteiger partial charge in [0.25, 0.3) is 0 Å². The van der Waals surface area contributed by atoms with Crippen molar-refractivity contribution in [2.45, 2.75) is 74.6 Å². The van der Waals surface area contributed by atoms with Crippen LogP contribution in [0.4, 0.5) is 0 Å². The lowest BCUT2D eigenvalue weighted by Gasteiger charge is -2.48. The molecule has 0 radical (unpaired) electrons. The van der Waals surface area contributed by atoms with Gasteiger partial charge in [0, 0.05) is 7.11 Å². The fourth-order valence-corrected chi connectivity index (χ4v) is 8.00. The summed E-state index contributed by atoms with van der Waals surface area (Å²) in [6.07, 6.45) is -14.2. The van der Waals surface area contributed by atoms with E-state index in [0.717, 1.165) is 11.1 Å². The molecule has 2 aliphatic heterocycles. The Bertz CT molecular complexity index is 2570. The zero-order valence-electron chi connectivity index (χ0n) is 38.1. The maximum Gasteiger partial charge on any atom is 0.338 e. The van der Waals surface area contributed by atoms with Crippen molar-refractivity contribution in [3.8, 4) is 0 Å². The average molecular weight is 953 g/mol. The van der Waals surface area contributed by atoms with E-state index in [1.54, 1.807) is 121 Å². The monoisotopic (exact) mass is 952 g/mol. The molecule has 0 aliphatic carbocycles. The summed E-state index contributed by atoms with van der Waals surface area (Å²) >= 11 is 0. The van der Waals surface area contributed by atoms with Crippen molar-refractivity contribution in [2.24, 2.45) is 0 Å². The Balaban J connectivity index is 1.18. The maximum absolute atomic E-state index is 14.0. The normalized spacial score (nSPS) is 24.1. The zero-order chi connectivity index (χ0) is 48.7. The maximum atomic E-state index is 14.0. The molecule has 362 valence electrons. The highest BCUT2D eigenvalue weighted by molar-refractivity contribution is 5.91. The number of benzene rings is 6. The van der Waals surface area contributed by atoms with Gasteiger partial charge in [-0.1, -0.05) is 133 Å². The number of aliphatic hydroxyl groups is 1. The van der Waals surface area contributed by atoms with Crippen LogP contribution in [0.5, 0.6) is 0 Å². The number of carbonyl (C=O) groups is 4. The highest BCUT2D eigenvalue weighted by Crippen LogP contribution is 2.36. The molecule has 2 fully saturated rings. The minimum Gasteiger partial charge on any atom is -0.459 e. The lowest BCUT2D eigenvalue weighted by atomic mass is 9.96. The van der Waals surface area contributed by atoms with Crippen LogP contribution in [0.2, 0.25) is 0 Å². The van der Waals surface area contributed by atoms with Crippen molar-refractivity contribution < 1.29 is 71.7 Å². The van der Waals surface area contributed by atoms with Gasteiger partial charge in [0.2, 0.25) is 0 Å². The lowest BCUT2D eigenvalue weighted by molar-refractivity contribution is -0.365. The van der Waals surface area contributed by atoms with E-state index in [0.29, 0.717) is 0 Å². The number of carbonyl (C=O) groups excluding carboxylic acids is 4. The second kappa shape index (κ2) is 24.5. The van der Waals surface area contributed by atoms with E-state index >= 15 is 0 Å². The molecule has 6 aromatic carbocycles. The molecule has 2 aliphatic rings. The lowest BCUT2D eigenvalue weighted by Crippen LogP contribution is -2.66.